The van der Waals surface area contributed by atoms with E-state index in [2.05, 4.69) is 21.3 Å². The van der Waals surface area contributed by atoms with Gasteiger partial charge in [-0.15, -0.1) is 11.8 Å². The van der Waals surface area contributed by atoms with Gasteiger partial charge in [0.1, 0.15) is 11.5 Å². The zero-order valence-electron chi connectivity index (χ0n) is 17.9. The lowest BCUT2D eigenvalue weighted by Gasteiger charge is -2.35. The maximum Gasteiger partial charge on any atom is 0.252 e. The molecule has 0 radical (unpaired) electrons. The minimum Gasteiger partial charge on any atom is -0.454 e. The lowest BCUT2D eigenvalue weighted by atomic mass is 10.1. The molecular weight excluding hydrogens is 446 g/mol. The van der Waals surface area contributed by atoms with Gasteiger partial charge in [0.05, 0.1) is 11.9 Å². The van der Waals surface area contributed by atoms with Gasteiger partial charge in [-0.25, -0.2) is 0 Å². The van der Waals surface area contributed by atoms with Gasteiger partial charge in [-0.05, 0) is 36.8 Å². The molecule has 4 rings (SSSR count). The van der Waals surface area contributed by atoms with Crippen LogP contribution in [0.25, 0.3) is 0 Å². The van der Waals surface area contributed by atoms with Gasteiger partial charge >= 0.3 is 0 Å². The van der Waals surface area contributed by atoms with E-state index in [4.69, 9.17) is 15.2 Å². The Labute approximate surface area is 195 Å². The maximum atomic E-state index is 12.5. The number of aryl methyl sites for hydroxylation is 1. The molecule has 6 N–H and O–H groups in total. The summed E-state index contributed by atoms with van der Waals surface area (Å²) in [5.74, 6) is 0.446. The highest BCUT2D eigenvalue weighted by Crippen LogP contribution is 2.32. The molecule has 2 heterocycles. The Bertz CT molecular complexity index is 1050. The highest BCUT2D eigenvalue weighted by molar-refractivity contribution is 8.00. The number of carbonyl (C=O) groups excluding carboxylic acids is 3. The van der Waals surface area contributed by atoms with Gasteiger partial charge in [0, 0.05) is 12.1 Å². The van der Waals surface area contributed by atoms with Crippen LogP contribution in [0, 0.1) is 6.92 Å². The lowest BCUT2D eigenvalue weighted by Crippen LogP contribution is -2.70. The third-order valence-electron chi connectivity index (χ3n) is 5.17. The summed E-state index contributed by atoms with van der Waals surface area (Å²) in [4.78, 5) is 37.1. The van der Waals surface area contributed by atoms with Crippen molar-refractivity contribution in [3.05, 3.63) is 59.2 Å². The Balaban J connectivity index is 1.21. The first-order chi connectivity index (χ1) is 15.9. The van der Waals surface area contributed by atoms with Gasteiger partial charge in [-0.3, -0.25) is 19.7 Å². The highest BCUT2D eigenvalue weighted by atomic mass is 32.2. The summed E-state index contributed by atoms with van der Waals surface area (Å²) in [5, 5.41) is 11.2. The average molecular weight is 472 g/mol. The van der Waals surface area contributed by atoms with Crippen molar-refractivity contribution in [2.24, 2.45) is 5.73 Å². The average Bonchev–Trinajstić information content (AvgIpc) is 3.27. The van der Waals surface area contributed by atoms with Gasteiger partial charge in [0.2, 0.25) is 18.6 Å². The summed E-state index contributed by atoms with van der Waals surface area (Å²) in [5.41, 5.74) is 7.87. The molecule has 33 heavy (non-hydrogen) atoms. The predicted octanol–water partition coefficient (Wildman–Crippen LogP) is 0.160. The van der Waals surface area contributed by atoms with Crippen LogP contribution < -0.4 is 36.5 Å². The molecule has 10 nitrogen and oxygen atoms in total. The number of amides is 3. The van der Waals surface area contributed by atoms with Crippen LogP contribution in [0.15, 0.2) is 42.5 Å². The molecule has 2 aliphatic heterocycles. The highest BCUT2D eigenvalue weighted by Gasteiger charge is 2.35. The molecule has 0 aromatic heterocycles. The molecular formula is C22H25N5O5S. The first-order valence-electron chi connectivity index (χ1n) is 10.4. The van der Waals surface area contributed by atoms with Gasteiger partial charge in [-0.1, -0.05) is 23.8 Å². The Morgan fingerprint density at radius 1 is 1.15 bits per heavy atom. The molecule has 0 saturated carbocycles. The fraction of sp³-hybridized carbons (Fsp3) is 0.318. The number of nitrogens with two attached hydrogens (primary N) is 1. The number of thioether (sulfide) groups is 1. The summed E-state index contributed by atoms with van der Waals surface area (Å²) in [7, 11) is 0. The third kappa shape index (κ3) is 5.75. The van der Waals surface area contributed by atoms with Gasteiger partial charge in [0.15, 0.2) is 11.5 Å². The van der Waals surface area contributed by atoms with Gasteiger partial charge in [0.25, 0.3) is 5.91 Å². The van der Waals surface area contributed by atoms with E-state index in [1.54, 1.807) is 18.2 Å². The monoisotopic (exact) mass is 471 g/mol. The molecule has 0 spiro atoms. The zero-order valence-corrected chi connectivity index (χ0v) is 18.7. The first kappa shape index (κ1) is 22.9. The molecule has 1 fully saturated rings. The van der Waals surface area contributed by atoms with Crippen molar-refractivity contribution in [2.75, 3.05) is 12.5 Å². The summed E-state index contributed by atoms with van der Waals surface area (Å²) in [6.45, 7) is 2.46. The topological polar surface area (TPSA) is 144 Å². The third-order valence-corrected chi connectivity index (χ3v) is 6.18. The van der Waals surface area contributed by atoms with E-state index in [9.17, 15) is 14.4 Å². The number of hydrogen-bond donors (Lipinski definition) is 5. The number of rotatable bonds is 7. The molecule has 0 aliphatic carbocycles. The summed E-state index contributed by atoms with van der Waals surface area (Å²) in [6, 6.07) is 11.6. The molecule has 174 valence electrons. The lowest BCUT2D eigenvalue weighted by molar-refractivity contribution is -0.126. The Morgan fingerprint density at radius 3 is 2.67 bits per heavy atom. The largest absolute Gasteiger partial charge is 0.454 e. The Morgan fingerprint density at radius 2 is 1.91 bits per heavy atom. The second-order valence-electron chi connectivity index (χ2n) is 7.67. The van der Waals surface area contributed by atoms with Crippen LogP contribution in [-0.2, 0) is 16.1 Å². The van der Waals surface area contributed by atoms with Crippen LogP contribution >= 0.6 is 11.8 Å². The first-order valence-corrected chi connectivity index (χ1v) is 11.4. The molecule has 3 unspecified atom stereocenters. The minimum absolute atomic E-state index is 0.107. The molecule has 11 heteroatoms. The molecule has 3 amide bonds. The smallest absolute Gasteiger partial charge is 0.252 e. The second kappa shape index (κ2) is 10.1. The number of ether oxygens (including phenoxy) is 2. The van der Waals surface area contributed by atoms with Gasteiger partial charge in [-0.2, -0.15) is 0 Å². The van der Waals surface area contributed by atoms with Crippen LogP contribution in [-0.4, -0.2) is 48.0 Å². The van der Waals surface area contributed by atoms with Crippen LogP contribution in [0.4, 0.5) is 0 Å². The summed E-state index contributed by atoms with van der Waals surface area (Å²) < 4.78 is 10.6. The van der Waals surface area contributed by atoms with E-state index < -0.39 is 23.6 Å². The van der Waals surface area contributed by atoms with Crippen LogP contribution in [0.2, 0.25) is 0 Å². The minimum atomic E-state index is -0.935. The molecule has 2 aromatic carbocycles. The predicted molar refractivity (Wildman–Crippen MR) is 122 cm³/mol. The van der Waals surface area contributed by atoms with E-state index in [1.807, 2.05) is 31.2 Å². The Kier molecular flexibility index (Phi) is 7.02. The SMILES string of the molecule is Cc1ccc(C(=O)NC2C(=O)NC(SCC(=O)NCc3ccc4c(c3)OCO4)NC2N)cc1. The zero-order chi connectivity index (χ0) is 23.4. The van der Waals surface area contributed by atoms with Gasteiger partial charge < -0.3 is 31.2 Å². The van der Waals surface area contributed by atoms with Crippen LogP contribution in [0.3, 0.4) is 0 Å². The van der Waals surface area contributed by atoms with Crippen molar-refractivity contribution >= 4 is 29.5 Å². The Hall–Kier alpha value is -3.28. The molecule has 0 bridgehead atoms. The summed E-state index contributed by atoms with van der Waals surface area (Å²) in [6.07, 6.45) is -0.803. The van der Waals surface area contributed by atoms with Crippen molar-refractivity contribution in [3.8, 4) is 11.5 Å². The number of hydrogen-bond acceptors (Lipinski definition) is 8. The van der Waals surface area contributed by atoms with E-state index in [0.717, 1.165) is 11.1 Å². The fourth-order valence-corrected chi connectivity index (χ4v) is 4.20. The number of fused-ring (bicyclic) bond motifs is 1. The number of nitrogens with one attached hydrogen (secondary N) is 4. The molecule has 2 aromatic rings. The van der Waals surface area contributed by atoms with E-state index in [0.29, 0.717) is 23.6 Å². The normalized spacial score (nSPS) is 21.3. The van der Waals surface area contributed by atoms with Crippen molar-refractivity contribution in [1.82, 2.24) is 21.3 Å². The molecule has 3 atom stereocenters. The maximum absolute atomic E-state index is 12.5. The fourth-order valence-electron chi connectivity index (χ4n) is 3.33. The van der Waals surface area contributed by atoms with E-state index >= 15 is 0 Å². The van der Waals surface area contributed by atoms with Crippen molar-refractivity contribution < 1.29 is 23.9 Å². The second-order valence-corrected chi connectivity index (χ2v) is 8.77. The quantitative estimate of drug-likeness (QED) is 0.384. The number of benzene rings is 2. The van der Waals surface area contributed by atoms with E-state index in [1.165, 1.54) is 11.8 Å². The van der Waals surface area contributed by atoms with Crippen LogP contribution in [0.5, 0.6) is 11.5 Å². The van der Waals surface area contributed by atoms with Crippen molar-refractivity contribution in [1.29, 1.82) is 0 Å². The van der Waals surface area contributed by atoms with Crippen molar-refractivity contribution in [2.45, 2.75) is 31.2 Å². The molecule has 2 aliphatic rings. The van der Waals surface area contributed by atoms with E-state index in [-0.39, 0.29) is 24.4 Å². The molecule has 1 saturated heterocycles. The van der Waals surface area contributed by atoms with Crippen LogP contribution in [0.1, 0.15) is 21.5 Å². The summed E-state index contributed by atoms with van der Waals surface area (Å²) >= 11 is 1.19. The number of carbonyl (C=O) groups is 3. The standard InChI is InChI=1S/C22H25N5O5S/c1-12-2-5-14(6-3-12)20(29)25-18-19(23)26-22(27-21(18)30)33-10-17(28)24-9-13-4-7-15-16(8-13)32-11-31-15/h2-8,18-19,22,26H,9-11,23H2,1H3,(H,24,28)(H,25,29)(H,27,30). The van der Waals surface area contributed by atoms with Crippen molar-refractivity contribution in [3.63, 3.8) is 0 Å².